The second-order valence-electron chi connectivity index (χ2n) is 6.81. The first-order chi connectivity index (χ1) is 10.7. The number of carbonyl (C=O) groups is 2. The first-order valence-electron chi connectivity index (χ1n) is 7.64. The lowest BCUT2D eigenvalue weighted by atomic mass is 9.91. The van der Waals surface area contributed by atoms with Gasteiger partial charge in [-0.3, -0.25) is 9.59 Å². The van der Waals surface area contributed by atoms with Crippen molar-refractivity contribution in [1.82, 2.24) is 4.90 Å². The zero-order chi connectivity index (χ0) is 17.2. The van der Waals surface area contributed by atoms with Gasteiger partial charge in [-0.25, -0.2) is 0 Å². The molecule has 1 aromatic rings. The van der Waals surface area contributed by atoms with Crippen molar-refractivity contribution in [2.24, 2.45) is 11.3 Å². The Balaban J connectivity index is 1.92. The largest absolute Gasteiger partial charge is 0.425 e. The predicted octanol–water partition coefficient (Wildman–Crippen LogP) is 4.29. The van der Waals surface area contributed by atoms with E-state index in [0.29, 0.717) is 41.2 Å². The van der Waals surface area contributed by atoms with Gasteiger partial charge in [0, 0.05) is 23.5 Å². The number of carbonyl (C=O) groups excluding carboxylic acids is 2. The molecule has 1 saturated heterocycles. The van der Waals surface area contributed by atoms with E-state index in [9.17, 15) is 9.59 Å². The molecule has 0 atom stereocenters. The van der Waals surface area contributed by atoms with Gasteiger partial charge in [0.05, 0.1) is 10.4 Å². The minimum Gasteiger partial charge on any atom is -0.425 e. The summed E-state index contributed by atoms with van der Waals surface area (Å²) in [5.41, 5.74) is -0.387. The van der Waals surface area contributed by atoms with Crippen molar-refractivity contribution in [2.45, 2.75) is 33.6 Å². The van der Waals surface area contributed by atoms with E-state index in [1.54, 1.807) is 18.2 Å². The maximum atomic E-state index is 12.3. The Morgan fingerprint density at radius 3 is 2.39 bits per heavy atom. The van der Waals surface area contributed by atoms with Gasteiger partial charge in [0.1, 0.15) is 5.75 Å². The standard InChI is InChI=1S/C17H21BrClNO3/c1-17(2,3)16(22)20-8-6-11(7-9-20)15(21)23-14-5-4-12(19)10-13(14)18/h4-5,10-11H,6-9H2,1-3H3. The summed E-state index contributed by atoms with van der Waals surface area (Å²) in [4.78, 5) is 26.4. The van der Waals surface area contributed by atoms with Crippen LogP contribution in [0, 0.1) is 11.3 Å². The molecule has 4 nitrogen and oxygen atoms in total. The number of likely N-dealkylation sites (tertiary alicyclic amines) is 1. The van der Waals surface area contributed by atoms with Gasteiger partial charge in [0.2, 0.25) is 5.91 Å². The Kier molecular flexibility index (Phi) is 5.74. The molecule has 6 heteroatoms. The van der Waals surface area contributed by atoms with Crippen LogP contribution < -0.4 is 4.74 Å². The van der Waals surface area contributed by atoms with Crippen LogP contribution in [0.15, 0.2) is 22.7 Å². The van der Waals surface area contributed by atoms with Crippen molar-refractivity contribution in [1.29, 1.82) is 0 Å². The fourth-order valence-electron chi connectivity index (χ4n) is 2.54. The lowest BCUT2D eigenvalue weighted by Gasteiger charge is -2.34. The first-order valence-corrected chi connectivity index (χ1v) is 8.81. The van der Waals surface area contributed by atoms with Crippen LogP contribution in [0.3, 0.4) is 0 Å². The number of amides is 1. The number of halogens is 2. The van der Waals surface area contributed by atoms with E-state index >= 15 is 0 Å². The average Bonchev–Trinajstić information content (AvgIpc) is 2.48. The fourth-order valence-corrected chi connectivity index (χ4v) is 3.31. The van der Waals surface area contributed by atoms with Gasteiger partial charge in [-0.1, -0.05) is 32.4 Å². The van der Waals surface area contributed by atoms with Crippen LogP contribution in [-0.4, -0.2) is 29.9 Å². The van der Waals surface area contributed by atoms with E-state index in [1.165, 1.54) is 0 Å². The zero-order valence-electron chi connectivity index (χ0n) is 13.6. The smallest absolute Gasteiger partial charge is 0.314 e. The van der Waals surface area contributed by atoms with E-state index < -0.39 is 0 Å². The third-order valence-electron chi connectivity index (χ3n) is 3.86. The van der Waals surface area contributed by atoms with Crippen LogP contribution in [0.1, 0.15) is 33.6 Å². The highest BCUT2D eigenvalue weighted by Crippen LogP contribution is 2.30. The maximum absolute atomic E-state index is 12.3. The highest BCUT2D eigenvalue weighted by Gasteiger charge is 2.33. The number of ether oxygens (including phenoxy) is 1. The Labute approximate surface area is 150 Å². The van der Waals surface area contributed by atoms with Crippen LogP contribution >= 0.6 is 27.5 Å². The highest BCUT2D eigenvalue weighted by molar-refractivity contribution is 9.10. The molecule has 1 amide bonds. The molecule has 0 aliphatic carbocycles. The molecule has 1 aliphatic rings. The van der Waals surface area contributed by atoms with Gasteiger partial charge in [-0.15, -0.1) is 0 Å². The van der Waals surface area contributed by atoms with Crippen molar-refractivity contribution >= 4 is 39.4 Å². The minimum atomic E-state index is -0.387. The summed E-state index contributed by atoms with van der Waals surface area (Å²) >= 11 is 9.21. The van der Waals surface area contributed by atoms with Crippen LogP contribution in [0.5, 0.6) is 5.75 Å². The predicted molar refractivity (Wildman–Crippen MR) is 93.5 cm³/mol. The number of rotatable bonds is 2. The Morgan fingerprint density at radius 1 is 1.26 bits per heavy atom. The van der Waals surface area contributed by atoms with Crippen molar-refractivity contribution in [3.63, 3.8) is 0 Å². The number of nitrogens with zero attached hydrogens (tertiary/aromatic N) is 1. The number of piperidine rings is 1. The lowest BCUT2D eigenvalue weighted by molar-refractivity contribution is -0.146. The SMILES string of the molecule is CC(C)(C)C(=O)N1CCC(C(=O)Oc2ccc(Cl)cc2Br)CC1. The third kappa shape index (κ3) is 4.70. The van der Waals surface area contributed by atoms with Gasteiger partial charge in [0.15, 0.2) is 0 Å². The fraction of sp³-hybridized carbons (Fsp3) is 0.529. The first kappa shape index (κ1) is 18.3. The van der Waals surface area contributed by atoms with Crippen LogP contribution in [0.4, 0.5) is 0 Å². The van der Waals surface area contributed by atoms with Crippen molar-refractivity contribution in [2.75, 3.05) is 13.1 Å². The molecular formula is C17H21BrClNO3. The van der Waals surface area contributed by atoms with Crippen LogP contribution in [-0.2, 0) is 9.59 Å². The summed E-state index contributed by atoms with van der Waals surface area (Å²) in [6.07, 6.45) is 1.26. The van der Waals surface area contributed by atoms with Gasteiger partial charge in [0.25, 0.3) is 0 Å². The van der Waals surface area contributed by atoms with E-state index in [1.807, 2.05) is 25.7 Å². The summed E-state index contributed by atoms with van der Waals surface area (Å²) in [5, 5.41) is 0.575. The summed E-state index contributed by atoms with van der Waals surface area (Å²) in [7, 11) is 0. The molecule has 23 heavy (non-hydrogen) atoms. The van der Waals surface area contributed by atoms with E-state index in [0.717, 1.165) is 0 Å². The maximum Gasteiger partial charge on any atom is 0.314 e. The number of hydrogen-bond acceptors (Lipinski definition) is 3. The van der Waals surface area contributed by atoms with E-state index in [2.05, 4.69) is 15.9 Å². The molecule has 0 N–H and O–H groups in total. The molecule has 0 saturated carbocycles. The van der Waals surface area contributed by atoms with Gasteiger partial charge in [-0.2, -0.15) is 0 Å². The molecule has 0 spiro atoms. The number of benzene rings is 1. The molecule has 1 fully saturated rings. The normalized spacial score (nSPS) is 16.3. The second kappa shape index (κ2) is 7.22. The van der Waals surface area contributed by atoms with Crippen molar-refractivity contribution in [3.05, 3.63) is 27.7 Å². The topological polar surface area (TPSA) is 46.6 Å². The Bertz CT molecular complexity index is 604. The molecule has 0 bridgehead atoms. The Morgan fingerprint density at radius 2 is 1.87 bits per heavy atom. The lowest BCUT2D eigenvalue weighted by Crippen LogP contribution is -2.45. The molecule has 1 heterocycles. The van der Waals surface area contributed by atoms with Gasteiger partial charge < -0.3 is 9.64 Å². The highest BCUT2D eigenvalue weighted by atomic mass is 79.9. The van der Waals surface area contributed by atoms with E-state index in [-0.39, 0.29) is 23.2 Å². The van der Waals surface area contributed by atoms with E-state index in [4.69, 9.17) is 16.3 Å². The monoisotopic (exact) mass is 401 g/mol. The second-order valence-corrected chi connectivity index (χ2v) is 8.10. The van der Waals surface area contributed by atoms with Gasteiger partial charge in [-0.05, 0) is 47.0 Å². The molecule has 1 aliphatic heterocycles. The molecular weight excluding hydrogens is 382 g/mol. The quantitative estimate of drug-likeness (QED) is 0.547. The minimum absolute atomic E-state index is 0.129. The molecule has 2 rings (SSSR count). The molecule has 0 unspecified atom stereocenters. The van der Waals surface area contributed by atoms with Crippen LogP contribution in [0.25, 0.3) is 0 Å². The third-order valence-corrected chi connectivity index (χ3v) is 4.72. The number of esters is 1. The van der Waals surface area contributed by atoms with Crippen molar-refractivity contribution in [3.8, 4) is 5.75 Å². The molecule has 0 radical (unpaired) electrons. The van der Waals surface area contributed by atoms with Gasteiger partial charge >= 0.3 is 5.97 Å². The molecule has 1 aromatic carbocycles. The average molecular weight is 403 g/mol. The summed E-state index contributed by atoms with van der Waals surface area (Å²) in [6, 6.07) is 5.04. The molecule has 126 valence electrons. The summed E-state index contributed by atoms with van der Waals surface area (Å²) in [5.74, 6) is 0.162. The number of hydrogen-bond donors (Lipinski definition) is 0. The zero-order valence-corrected chi connectivity index (χ0v) is 15.9. The summed E-state index contributed by atoms with van der Waals surface area (Å²) < 4.78 is 6.11. The summed E-state index contributed by atoms with van der Waals surface area (Å²) in [6.45, 7) is 6.92. The van der Waals surface area contributed by atoms with Crippen LogP contribution in [0.2, 0.25) is 5.02 Å². The Hall–Kier alpha value is -1.07. The molecule has 0 aromatic heterocycles. The van der Waals surface area contributed by atoms with Crippen molar-refractivity contribution < 1.29 is 14.3 Å².